The van der Waals surface area contributed by atoms with Gasteiger partial charge in [-0.05, 0) is 18.1 Å². The van der Waals surface area contributed by atoms with E-state index in [1.54, 1.807) is 37.3 Å². The fourth-order valence-corrected chi connectivity index (χ4v) is 1.25. The first-order valence-corrected chi connectivity index (χ1v) is 4.80. The molecule has 0 saturated heterocycles. The number of halogens is 1. The largest absolute Gasteiger partial charge is 0.289 e. The highest BCUT2D eigenvalue weighted by atomic mass is 19.1. The number of hydrazine groups is 1. The normalized spacial score (nSPS) is 10.4. The molecule has 0 aromatic heterocycles. The van der Waals surface area contributed by atoms with Crippen molar-refractivity contribution in [3.8, 4) is 0 Å². The van der Waals surface area contributed by atoms with Gasteiger partial charge in [0.2, 0.25) is 5.91 Å². The summed E-state index contributed by atoms with van der Waals surface area (Å²) in [6, 6.07) is 6.50. The van der Waals surface area contributed by atoms with Crippen LogP contribution in [0.5, 0.6) is 0 Å². The molecule has 0 fully saturated rings. The third-order valence-electron chi connectivity index (χ3n) is 1.93. The topological polar surface area (TPSA) is 32.3 Å². The second kappa shape index (κ2) is 5.46. The molecule has 1 N–H and O–H groups in total. The van der Waals surface area contributed by atoms with Gasteiger partial charge < -0.3 is 0 Å². The minimum atomic E-state index is -0.254. The van der Waals surface area contributed by atoms with Gasteiger partial charge in [-0.1, -0.05) is 18.2 Å². The molecule has 82 valence electrons. The van der Waals surface area contributed by atoms with Crippen LogP contribution in [0.4, 0.5) is 4.39 Å². The van der Waals surface area contributed by atoms with Gasteiger partial charge in [-0.2, -0.15) is 0 Å². The minimum Gasteiger partial charge on any atom is -0.289 e. The van der Waals surface area contributed by atoms with Gasteiger partial charge in [0.1, 0.15) is 5.82 Å². The van der Waals surface area contributed by atoms with Crippen molar-refractivity contribution in [1.82, 2.24) is 10.4 Å². The van der Waals surface area contributed by atoms with Gasteiger partial charge in [-0.3, -0.25) is 10.2 Å². The smallest absolute Gasteiger partial charge is 0.234 e. The molecule has 15 heavy (non-hydrogen) atoms. The number of hydrogen-bond acceptors (Lipinski definition) is 2. The molecular weight excluding hydrogens is 195 g/mol. The Hall–Kier alpha value is -1.42. The van der Waals surface area contributed by atoms with E-state index in [9.17, 15) is 9.18 Å². The Labute approximate surface area is 88.9 Å². The van der Waals surface area contributed by atoms with Gasteiger partial charge >= 0.3 is 0 Å². The maximum Gasteiger partial charge on any atom is 0.234 e. The van der Waals surface area contributed by atoms with Crippen molar-refractivity contribution in [2.45, 2.75) is 12.8 Å². The second-order valence-electron chi connectivity index (χ2n) is 3.52. The van der Waals surface area contributed by atoms with E-state index < -0.39 is 0 Å². The molecule has 0 aliphatic carbocycles. The van der Waals surface area contributed by atoms with E-state index in [1.165, 1.54) is 6.07 Å². The number of rotatable bonds is 4. The standard InChI is InChI=1S/C11H15FN2O/c1-14(2)13-11(15)8-7-9-5-3-4-6-10(9)12/h3-6H,7-8H2,1-2H3,(H,13,15). The Kier molecular flexibility index (Phi) is 4.24. The summed E-state index contributed by atoms with van der Waals surface area (Å²) in [5.74, 6) is -0.363. The lowest BCUT2D eigenvalue weighted by molar-refractivity contribution is -0.124. The molecule has 0 atom stereocenters. The van der Waals surface area contributed by atoms with E-state index in [0.29, 0.717) is 18.4 Å². The fraction of sp³-hybridized carbons (Fsp3) is 0.364. The highest BCUT2D eigenvalue weighted by Crippen LogP contribution is 2.08. The van der Waals surface area contributed by atoms with E-state index >= 15 is 0 Å². The summed E-state index contributed by atoms with van der Waals surface area (Å²) in [7, 11) is 3.47. The van der Waals surface area contributed by atoms with Crippen LogP contribution < -0.4 is 5.43 Å². The van der Waals surface area contributed by atoms with Crippen molar-refractivity contribution >= 4 is 5.91 Å². The molecule has 0 radical (unpaired) electrons. The van der Waals surface area contributed by atoms with Crippen LogP contribution >= 0.6 is 0 Å². The van der Waals surface area contributed by atoms with Crippen LogP contribution in [-0.2, 0) is 11.2 Å². The number of benzene rings is 1. The fourth-order valence-electron chi connectivity index (χ4n) is 1.25. The monoisotopic (exact) mass is 210 g/mol. The molecular formula is C11H15FN2O. The van der Waals surface area contributed by atoms with Crippen molar-refractivity contribution in [3.05, 3.63) is 35.6 Å². The highest BCUT2D eigenvalue weighted by molar-refractivity contribution is 5.75. The molecule has 0 spiro atoms. The molecule has 0 unspecified atom stereocenters. The first-order valence-electron chi connectivity index (χ1n) is 4.80. The predicted octanol–water partition coefficient (Wildman–Crippen LogP) is 1.35. The van der Waals surface area contributed by atoms with Gasteiger partial charge in [-0.15, -0.1) is 0 Å². The summed E-state index contributed by atoms with van der Waals surface area (Å²) in [6.07, 6.45) is 0.714. The number of amides is 1. The van der Waals surface area contributed by atoms with Crippen molar-refractivity contribution in [3.63, 3.8) is 0 Å². The summed E-state index contributed by atoms with van der Waals surface area (Å²) in [5.41, 5.74) is 3.18. The van der Waals surface area contributed by atoms with Gasteiger partial charge in [0.05, 0.1) is 0 Å². The third kappa shape index (κ3) is 4.08. The number of aryl methyl sites for hydroxylation is 1. The van der Waals surface area contributed by atoms with Crippen molar-refractivity contribution in [1.29, 1.82) is 0 Å². The Bertz CT molecular complexity index is 339. The molecule has 0 bridgehead atoms. The zero-order valence-electron chi connectivity index (χ0n) is 8.96. The van der Waals surface area contributed by atoms with Gasteiger partial charge in [-0.25, -0.2) is 9.40 Å². The first kappa shape index (κ1) is 11.7. The number of carbonyl (C=O) groups is 1. The van der Waals surface area contributed by atoms with Gasteiger partial charge in [0, 0.05) is 20.5 Å². The van der Waals surface area contributed by atoms with Gasteiger partial charge in [0.25, 0.3) is 0 Å². The van der Waals surface area contributed by atoms with Gasteiger partial charge in [0.15, 0.2) is 0 Å². The van der Waals surface area contributed by atoms with E-state index in [2.05, 4.69) is 5.43 Å². The number of carbonyl (C=O) groups excluding carboxylic acids is 1. The molecule has 1 aromatic rings. The number of nitrogens with one attached hydrogen (secondary N) is 1. The SMILES string of the molecule is CN(C)NC(=O)CCc1ccccc1F. The second-order valence-corrected chi connectivity index (χ2v) is 3.52. The maximum absolute atomic E-state index is 13.2. The average Bonchev–Trinajstić information content (AvgIpc) is 2.15. The lowest BCUT2D eigenvalue weighted by Gasteiger charge is -2.11. The summed E-state index contributed by atoms with van der Waals surface area (Å²) < 4.78 is 13.2. The van der Waals surface area contributed by atoms with Crippen molar-refractivity contribution < 1.29 is 9.18 Å². The van der Waals surface area contributed by atoms with Crippen molar-refractivity contribution in [2.24, 2.45) is 0 Å². The highest BCUT2D eigenvalue weighted by Gasteiger charge is 2.05. The van der Waals surface area contributed by atoms with E-state index in [1.807, 2.05) is 0 Å². The third-order valence-corrected chi connectivity index (χ3v) is 1.93. The van der Waals surface area contributed by atoms with Crippen molar-refractivity contribution in [2.75, 3.05) is 14.1 Å². The zero-order valence-corrected chi connectivity index (χ0v) is 8.96. The molecule has 3 nitrogen and oxygen atoms in total. The molecule has 0 heterocycles. The predicted molar refractivity (Wildman–Crippen MR) is 56.6 cm³/mol. The first-order chi connectivity index (χ1) is 7.09. The summed E-state index contributed by atoms with van der Waals surface area (Å²) >= 11 is 0. The summed E-state index contributed by atoms with van der Waals surface area (Å²) in [6.45, 7) is 0. The summed E-state index contributed by atoms with van der Waals surface area (Å²) in [5, 5.41) is 1.57. The molecule has 1 aromatic carbocycles. The average molecular weight is 210 g/mol. The minimum absolute atomic E-state index is 0.108. The Balaban J connectivity index is 2.44. The van der Waals surface area contributed by atoms with Crippen LogP contribution in [-0.4, -0.2) is 25.0 Å². The van der Waals surface area contributed by atoms with Crippen LogP contribution in [0.25, 0.3) is 0 Å². The summed E-state index contributed by atoms with van der Waals surface area (Å²) in [4.78, 5) is 11.3. The lowest BCUT2D eigenvalue weighted by Crippen LogP contribution is -2.36. The van der Waals surface area contributed by atoms with E-state index in [-0.39, 0.29) is 11.7 Å². The molecule has 0 aliphatic rings. The van der Waals surface area contributed by atoms with Crippen LogP contribution in [0.2, 0.25) is 0 Å². The quantitative estimate of drug-likeness (QED) is 0.761. The molecule has 1 amide bonds. The van der Waals surface area contributed by atoms with Crippen LogP contribution in [0.1, 0.15) is 12.0 Å². The Morgan fingerprint density at radius 3 is 2.67 bits per heavy atom. The Morgan fingerprint density at radius 1 is 1.40 bits per heavy atom. The molecule has 4 heteroatoms. The number of nitrogens with zero attached hydrogens (tertiary/aromatic N) is 1. The zero-order chi connectivity index (χ0) is 11.3. The lowest BCUT2D eigenvalue weighted by atomic mass is 10.1. The van der Waals surface area contributed by atoms with E-state index in [4.69, 9.17) is 0 Å². The maximum atomic E-state index is 13.2. The van der Waals surface area contributed by atoms with Crippen LogP contribution in [0, 0.1) is 5.82 Å². The molecule has 0 aliphatic heterocycles. The van der Waals surface area contributed by atoms with Crippen LogP contribution in [0.3, 0.4) is 0 Å². The van der Waals surface area contributed by atoms with Crippen LogP contribution in [0.15, 0.2) is 24.3 Å². The molecule has 0 saturated carbocycles. The number of hydrogen-bond donors (Lipinski definition) is 1. The van der Waals surface area contributed by atoms with E-state index in [0.717, 1.165) is 0 Å². The Morgan fingerprint density at radius 2 is 2.07 bits per heavy atom. The molecule has 1 rings (SSSR count).